The van der Waals surface area contributed by atoms with Gasteiger partial charge in [-0.25, -0.2) is 13.8 Å². The zero-order chi connectivity index (χ0) is 13.9. The maximum Gasteiger partial charge on any atom is 0.212 e. The molecule has 0 amide bonds. The first-order valence-corrected chi connectivity index (χ1v) is 6.05. The molecule has 0 atom stereocenters. The van der Waals surface area contributed by atoms with Crippen LogP contribution >= 0.6 is 0 Å². The molecule has 20 heavy (non-hydrogen) atoms. The fourth-order valence-corrected chi connectivity index (χ4v) is 1.89. The molecule has 100 valence electrons. The third-order valence-corrected chi connectivity index (χ3v) is 2.85. The van der Waals surface area contributed by atoms with Crippen LogP contribution in [0.2, 0.25) is 0 Å². The summed E-state index contributed by atoms with van der Waals surface area (Å²) in [6.45, 7) is 0. The van der Waals surface area contributed by atoms with Gasteiger partial charge >= 0.3 is 0 Å². The lowest BCUT2D eigenvalue weighted by atomic mass is 10.3. The highest BCUT2D eigenvalue weighted by Gasteiger charge is 2.08. The summed E-state index contributed by atoms with van der Waals surface area (Å²) in [5.74, 6) is -1.23. The molecule has 3 nitrogen and oxygen atoms in total. The number of nitrogens with one attached hydrogen (secondary N) is 1. The van der Waals surface area contributed by atoms with Crippen molar-refractivity contribution in [3.8, 4) is 5.69 Å². The SMILES string of the molecule is Fc1ccc(-n2ccnc2Nc2ccccc2)cc1F. The highest BCUT2D eigenvalue weighted by atomic mass is 19.2. The molecule has 3 rings (SSSR count). The summed E-state index contributed by atoms with van der Waals surface area (Å²) in [5, 5.41) is 3.12. The van der Waals surface area contributed by atoms with Gasteiger partial charge in [-0.05, 0) is 24.3 Å². The molecular weight excluding hydrogens is 260 g/mol. The maximum atomic E-state index is 13.3. The number of halogens is 2. The Balaban J connectivity index is 1.95. The molecule has 0 aliphatic heterocycles. The van der Waals surface area contributed by atoms with Crippen molar-refractivity contribution in [2.24, 2.45) is 0 Å². The Hall–Kier alpha value is -2.69. The molecule has 0 saturated carbocycles. The Kier molecular flexibility index (Phi) is 3.16. The fourth-order valence-electron chi connectivity index (χ4n) is 1.89. The van der Waals surface area contributed by atoms with Gasteiger partial charge in [0.05, 0.1) is 5.69 Å². The zero-order valence-electron chi connectivity index (χ0n) is 10.4. The Morgan fingerprint density at radius 2 is 1.75 bits per heavy atom. The molecule has 5 heteroatoms. The van der Waals surface area contributed by atoms with Crippen LogP contribution in [0.15, 0.2) is 60.9 Å². The number of rotatable bonds is 3. The van der Waals surface area contributed by atoms with E-state index in [2.05, 4.69) is 10.3 Å². The van der Waals surface area contributed by atoms with E-state index in [1.54, 1.807) is 17.0 Å². The van der Waals surface area contributed by atoms with Crippen molar-refractivity contribution in [3.63, 3.8) is 0 Å². The number of imidazole rings is 1. The summed E-state index contributed by atoms with van der Waals surface area (Å²) >= 11 is 0. The summed E-state index contributed by atoms with van der Waals surface area (Å²) in [4.78, 5) is 4.18. The quantitative estimate of drug-likeness (QED) is 0.783. The van der Waals surface area contributed by atoms with Crippen LogP contribution < -0.4 is 5.32 Å². The number of nitrogens with zero attached hydrogens (tertiary/aromatic N) is 2. The summed E-state index contributed by atoms with van der Waals surface area (Å²) in [5.41, 5.74) is 1.36. The zero-order valence-corrected chi connectivity index (χ0v) is 10.4. The predicted molar refractivity (Wildman–Crippen MR) is 73.2 cm³/mol. The van der Waals surface area contributed by atoms with Gasteiger partial charge in [0.15, 0.2) is 11.6 Å². The van der Waals surface area contributed by atoms with Crippen LogP contribution in [0.1, 0.15) is 0 Å². The Morgan fingerprint density at radius 1 is 0.950 bits per heavy atom. The van der Waals surface area contributed by atoms with Crippen LogP contribution in [0.3, 0.4) is 0 Å². The van der Waals surface area contributed by atoms with Gasteiger partial charge in [-0.15, -0.1) is 0 Å². The molecule has 3 aromatic rings. The van der Waals surface area contributed by atoms with E-state index < -0.39 is 11.6 Å². The average Bonchev–Trinajstić information content (AvgIpc) is 2.91. The van der Waals surface area contributed by atoms with Crippen molar-refractivity contribution in [2.75, 3.05) is 5.32 Å². The smallest absolute Gasteiger partial charge is 0.212 e. The van der Waals surface area contributed by atoms with Gasteiger partial charge in [0, 0.05) is 24.1 Å². The predicted octanol–water partition coefficient (Wildman–Crippen LogP) is 3.89. The largest absolute Gasteiger partial charge is 0.325 e. The van der Waals surface area contributed by atoms with Crippen LogP contribution in [-0.2, 0) is 0 Å². The Bertz CT molecular complexity index is 723. The molecule has 0 saturated heterocycles. The fraction of sp³-hybridized carbons (Fsp3) is 0. The minimum Gasteiger partial charge on any atom is -0.325 e. The number of hydrogen-bond donors (Lipinski definition) is 1. The van der Waals surface area contributed by atoms with Gasteiger partial charge < -0.3 is 5.32 Å². The van der Waals surface area contributed by atoms with E-state index in [1.165, 1.54) is 6.07 Å². The van der Waals surface area contributed by atoms with Gasteiger partial charge in [-0.1, -0.05) is 18.2 Å². The molecular formula is C15H11F2N3. The van der Waals surface area contributed by atoms with E-state index in [4.69, 9.17) is 0 Å². The van der Waals surface area contributed by atoms with Crippen LogP contribution in [0.4, 0.5) is 20.4 Å². The summed E-state index contributed by atoms with van der Waals surface area (Å²) < 4.78 is 27.9. The first-order chi connectivity index (χ1) is 9.74. The van der Waals surface area contributed by atoms with E-state index in [0.717, 1.165) is 17.8 Å². The van der Waals surface area contributed by atoms with Crippen molar-refractivity contribution in [2.45, 2.75) is 0 Å². The highest BCUT2D eigenvalue weighted by molar-refractivity contribution is 5.55. The van der Waals surface area contributed by atoms with E-state index in [0.29, 0.717) is 11.6 Å². The Morgan fingerprint density at radius 3 is 2.50 bits per heavy atom. The van der Waals surface area contributed by atoms with Gasteiger partial charge in [0.2, 0.25) is 5.95 Å². The lowest BCUT2D eigenvalue weighted by molar-refractivity contribution is 0.508. The molecule has 1 heterocycles. The number of benzene rings is 2. The van der Waals surface area contributed by atoms with E-state index >= 15 is 0 Å². The van der Waals surface area contributed by atoms with Crippen molar-refractivity contribution < 1.29 is 8.78 Å². The molecule has 0 aliphatic carbocycles. The minimum atomic E-state index is -0.887. The number of para-hydroxylation sites is 1. The number of hydrogen-bond acceptors (Lipinski definition) is 2. The van der Waals surface area contributed by atoms with Gasteiger partial charge in [0.1, 0.15) is 0 Å². The van der Waals surface area contributed by atoms with Gasteiger partial charge in [-0.2, -0.15) is 0 Å². The normalized spacial score (nSPS) is 10.5. The second kappa shape index (κ2) is 5.13. The first-order valence-electron chi connectivity index (χ1n) is 6.05. The van der Waals surface area contributed by atoms with Crippen molar-refractivity contribution in [1.29, 1.82) is 0 Å². The number of anilines is 2. The van der Waals surface area contributed by atoms with Crippen LogP contribution in [0.5, 0.6) is 0 Å². The average molecular weight is 271 g/mol. The molecule has 1 aromatic heterocycles. The molecule has 0 unspecified atom stereocenters. The van der Waals surface area contributed by atoms with Crippen molar-refractivity contribution in [3.05, 3.63) is 72.6 Å². The van der Waals surface area contributed by atoms with E-state index in [1.807, 2.05) is 30.3 Å². The standard InChI is InChI=1S/C15H11F2N3/c16-13-7-6-12(10-14(13)17)20-9-8-18-15(20)19-11-4-2-1-3-5-11/h1-10H,(H,18,19). The number of aromatic nitrogens is 2. The van der Waals surface area contributed by atoms with Gasteiger partial charge in [0.25, 0.3) is 0 Å². The second-order valence-electron chi connectivity index (χ2n) is 4.21. The van der Waals surface area contributed by atoms with E-state index in [9.17, 15) is 8.78 Å². The molecule has 1 N–H and O–H groups in total. The first kappa shape index (κ1) is 12.3. The van der Waals surface area contributed by atoms with Crippen LogP contribution in [-0.4, -0.2) is 9.55 Å². The molecule has 2 aromatic carbocycles. The second-order valence-corrected chi connectivity index (χ2v) is 4.21. The molecule has 0 radical (unpaired) electrons. The monoisotopic (exact) mass is 271 g/mol. The third-order valence-electron chi connectivity index (χ3n) is 2.85. The van der Waals surface area contributed by atoms with Gasteiger partial charge in [-0.3, -0.25) is 4.57 Å². The summed E-state index contributed by atoms with van der Waals surface area (Å²) in [6, 6.07) is 13.2. The third kappa shape index (κ3) is 2.38. The highest BCUT2D eigenvalue weighted by Crippen LogP contribution is 2.20. The van der Waals surface area contributed by atoms with Crippen molar-refractivity contribution >= 4 is 11.6 Å². The molecule has 0 bridgehead atoms. The van der Waals surface area contributed by atoms with Crippen LogP contribution in [0.25, 0.3) is 5.69 Å². The van der Waals surface area contributed by atoms with E-state index in [-0.39, 0.29) is 0 Å². The Labute approximate surface area is 114 Å². The molecule has 0 aliphatic rings. The topological polar surface area (TPSA) is 29.9 Å². The van der Waals surface area contributed by atoms with Crippen molar-refractivity contribution in [1.82, 2.24) is 9.55 Å². The minimum absolute atomic E-state index is 0.500. The lowest BCUT2D eigenvalue weighted by Gasteiger charge is -2.10. The summed E-state index contributed by atoms with van der Waals surface area (Å²) in [7, 11) is 0. The molecule has 0 spiro atoms. The lowest BCUT2D eigenvalue weighted by Crippen LogP contribution is -2.01. The molecule has 0 fully saturated rings. The van der Waals surface area contributed by atoms with Crippen LogP contribution in [0, 0.1) is 11.6 Å². The summed E-state index contributed by atoms with van der Waals surface area (Å²) in [6.07, 6.45) is 3.27. The maximum absolute atomic E-state index is 13.3.